The molecule has 21 heavy (non-hydrogen) atoms. The molecule has 0 spiro atoms. The highest BCUT2D eigenvalue weighted by Gasteiger charge is 2.45. The first-order valence-corrected chi connectivity index (χ1v) is 8.53. The highest BCUT2D eigenvalue weighted by atomic mass is 32.2. The van der Waals surface area contributed by atoms with Crippen molar-refractivity contribution < 1.29 is 13.5 Å². The summed E-state index contributed by atoms with van der Waals surface area (Å²) in [5, 5.41) is 8.74. The van der Waals surface area contributed by atoms with Crippen molar-refractivity contribution in [3.63, 3.8) is 0 Å². The predicted octanol–water partition coefficient (Wildman–Crippen LogP) is 1.74. The van der Waals surface area contributed by atoms with Crippen LogP contribution in [0.5, 0.6) is 0 Å². The van der Waals surface area contributed by atoms with E-state index < -0.39 is 10.0 Å². The average Bonchev–Trinajstić information content (AvgIpc) is 3.05. The molecule has 0 aromatic heterocycles. The Bertz CT molecular complexity index is 668. The molecule has 114 valence electrons. The third-order valence-electron chi connectivity index (χ3n) is 3.87. The van der Waals surface area contributed by atoms with Crippen molar-refractivity contribution in [3.8, 4) is 11.8 Å². The molecule has 0 aliphatic heterocycles. The van der Waals surface area contributed by atoms with Crippen LogP contribution in [-0.4, -0.2) is 26.7 Å². The maximum absolute atomic E-state index is 12.4. The van der Waals surface area contributed by atoms with E-state index in [1.807, 2.05) is 0 Å². The van der Waals surface area contributed by atoms with E-state index in [2.05, 4.69) is 30.4 Å². The van der Waals surface area contributed by atoms with Crippen molar-refractivity contribution in [2.45, 2.75) is 31.6 Å². The van der Waals surface area contributed by atoms with Crippen LogP contribution in [0.1, 0.15) is 32.3 Å². The van der Waals surface area contributed by atoms with Gasteiger partial charge < -0.3 is 5.11 Å². The van der Waals surface area contributed by atoms with E-state index in [1.165, 1.54) is 0 Å². The van der Waals surface area contributed by atoms with E-state index in [-0.39, 0.29) is 16.9 Å². The quantitative estimate of drug-likeness (QED) is 0.814. The van der Waals surface area contributed by atoms with Gasteiger partial charge in [0, 0.05) is 18.5 Å². The van der Waals surface area contributed by atoms with Gasteiger partial charge in [0.15, 0.2) is 0 Å². The number of benzene rings is 1. The molecular weight excluding hydrogens is 286 g/mol. The molecule has 1 saturated carbocycles. The topological polar surface area (TPSA) is 66.4 Å². The van der Waals surface area contributed by atoms with Crippen LogP contribution < -0.4 is 4.72 Å². The number of hydrogen-bond acceptors (Lipinski definition) is 3. The number of aliphatic hydroxyl groups is 1. The smallest absolute Gasteiger partial charge is 0.241 e. The number of rotatable bonds is 5. The van der Waals surface area contributed by atoms with Crippen LogP contribution in [0.15, 0.2) is 29.2 Å². The first-order chi connectivity index (χ1) is 9.87. The van der Waals surface area contributed by atoms with Gasteiger partial charge in [0.2, 0.25) is 10.0 Å². The van der Waals surface area contributed by atoms with Gasteiger partial charge in [-0.25, -0.2) is 13.1 Å². The molecule has 1 aromatic rings. The van der Waals surface area contributed by atoms with E-state index in [1.54, 1.807) is 24.3 Å². The van der Waals surface area contributed by atoms with Crippen molar-refractivity contribution in [1.29, 1.82) is 0 Å². The Morgan fingerprint density at radius 3 is 2.67 bits per heavy atom. The summed E-state index contributed by atoms with van der Waals surface area (Å²) in [5.74, 6) is 5.98. The third kappa shape index (κ3) is 4.07. The minimum atomic E-state index is -3.55. The van der Waals surface area contributed by atoms with Crippen LogP contribution in [0.4, 0.5) is 0 Å². The van der Waals surface area contributed by atoms with Gasteiger partial charge in [-0.15, -0.1) is 0 Å². The fourth-order valence-electron chi connectivity index (χ4n) is 2.23. The second kappa shape index (κ2) is 6.18. The molecular formula is C16H21NO3S. The molecule has 0 amide bonds. The molecule has 1 aliphatic rings. The maximum atomic E-state index is 12.4. The second-order valence-corrected chi connectivity index (χ2v) is 7.75. The van der Waals surface area contributed by atoms with Crippen LogP contribution in [0.2, 0.25) is 0 Å². The monoisotopic (exact) mass is 307 g/mol. The van der Waals surface area contributed by atoms with Gasteiger partial charge in [0.25, 0.3) is 0 Å². The Labute approximate surface area is 126 Å². The number of sulfonamides is 1. The lowest BCUT2D eigenvalue weighted by Gasteiger charge is -2.09. The zero-order valence-corrected chi connectivity index (χ0v) is 13.2. The third-order valence-corrected chi connectivity index (χ3v) is 5.36. The molecule has 5 heteroatoms. The zero-order chi connectivity index (χ0) is 15.5. The normalized spacial score (nSPS) is 19.7. The summed E-state index contributed by atoms with van der Waals surface area (Å²) in [6.45, 7) is 4.71. The molecule has 0 radical (unpaired) electrons. The van der Waals surface area contributed by atoms with Gasteiger partial charge in [-0.05, 0) is 29.9 Å². The molecule has 0 bridgehead atoms. The van der Waals surface area contributed by atoms with Crippen LogP contribution in [0, 0.1) is 23.2 Å². The summed E-state index contributed by atoms with van der Waals surface area (Å²) in [7, 11) is -3.55. The Morgan fingerprint density at radius 2 is 2.05 bits per heavy atom. The molecule has 0 saturated heterocycles. The van der Waals surface area contributed by atoms with Crippen molar-refractivity contribution in [2.75, 3.05) is 13.2 Å². The summed E-state index contributed by atoms with van der Waals surface area (Å²) in [4.78, 5) is 0.203. The Hall–Kier alpha value is -1.35. The fourth-order valence-corrected chi connectivity index (χ4v) is 3.47. The van der Waals surface area contributed by atoms with Crippen LogP contribution >= 0.6 is 0 Å². The second-order valence-electron chi connectivity index (χ2n) is 6.01. The summed E-state index contributed by atoms with van der Waals surface area (Å²) < 4.78 is 27.5. The molecule has 1 atom stereocenters. The highest BCUT2D eigenvalue weighted by molar-refractivity contribution is 7.89. The standard InChI is InChI=1S/C16H21NO3S/c1-16(2)11-14(16)12-17-21(19,20)15-9-4-3-7-13(15)8-5-6-10-18/h3-4,7,9,14,17-18H,6,10-12H2,1-2H3. The van der Waals surface area contributed by atoms with Gasteiger partial charge in [-0.3, -0.25) is 0 Å². The van der Waals surface area contributed by atoms with E-state index >= 15 is 0 Å². The average molecular weight is 307 g/mol. The lowest BCUT2D eigenvalue weighted by molar-refractivity contribution is 0.305. The van der Waals surface area contributed by atoms with E-state index in [0.29, 0.717) is 24.4 Å². The molecule has 1 aliphatic carbocycles. The van der Waals surface area contributed by atoms with Gasteiger partial charge in [-0.2, -0.15) is 0 Å². The first-order valence-electron chi connectivity index (χ1n) is 7.05. The summed E-state index contributed by atoms with van der Waals surface area (Å²) in [6, 6.07) is 6.68. The molecule has 0 heterocycles. The Balaban J connectivity index is 2.14. The van der Waals surface area contributed by atoms with E-state index in [9.17, 15) is 8.42 Å². The largest absolute Gasteiger partial charge is 0.395 e. The van der Waals surface area contributed by atoms with Crippen LogP contribution in [0.3, 0.4) is 0 Å². The van der Waals surface area contributed by atoms with Crippen LogP contribution in [-0.2, 0) is 10.0 Å². The molecule has 1 aromatic carbocycles. The maximum Gasteiger partial charge on any atom is 0.241 e. The predicted molar refractivity (Wildman–Crippen MR) is 82.1 cm³/mol. The van der Waals surface area contributed by atoms with E-state index in [4.69, 9.17) is 5.11 Å². The molecule has 1 unspecified atom stereocenters. The van der Waals surface area contributed by atoms with Gasteiger partial charge in [0.05, 0.1) is 11.5 Å². The lowest BCUT2D eigenvalue weighted by atomic mass is 10.1. The van der Waals surface area contributed by atoms with Crippen molar-refractivity contribution in [2.24, 2.45) is 11.3 Å². The highest BCUT2D eigenvalue weighted by Crippen LogP contribution is 2.51. The molecule has 2 N–H and O–H groups in total. The molecule has 4 nitrogen and oxygen atoms in total. The van der Waals surface area contributed by atoms with Crippen molar-refractivity contribution in [1.82, 2.24) is 4.72 Å². The summed E-state index contributed by atoms with van der Waals surface area (Å²) in [6.07, 6.45) is 1.38. The fraction of sp³-hybridized carbons (Fsp3) is 0.500. The first kappa shape index (κ1) is 16.0. The minimum absolute atomic E-state index is 0.0308. The SMILES string of the molecule is CC1(C)CC1CNS(=O)(=O)c1ccccc1C#CCCO. The summed E-state index contributed by atoms with van der Waals surface area (Å²) >= 11 is 0. The Kier molecular flexibility index (Phi) is 4.72. The number of nitrogens with one attached hydrogen (secondary N) is 1. The van der Waals surface area contributed by atoms with Gasteiger partial charge in [-0.1, -0.05) is 37.8 Å². The zero-order valence-electron chi connectivity index (χ0n) is 12.4. The summed E-state index contributed by atoms with van der Waals surface area (Å²) in [5.41, 5.74) is 0.705. The van der Waals surface area contributed by atoms with Crippen LogP contribution in [0.25, 0.3) is 0 Å². The minimum Gasteiger partial charge on any atom is -0.395 e. The van der Waals surface area contributed by atoms with Gasteiger partial charge in [0.1, 0.15) is 0 Å². The lowest BCUT2D eigenvalue weighted by Crippen LogP contribution is -2.27. The Morgan fingerprint density at radius 1 is 1.38 bits per heavy atom. The molecule has 2 rings (SSSR count). The number of aliphatic hydroxyl groups excluding tert-OH is 1. The number of hydrogen-bond donors (Lipinski definition) is 2. The molecule has 1 fully saturated rings. The van der Waals surface area contributed by atoms with Gasteiger partial charge >= 0.3 is 0 Å². The van der Waals surface area contributed by atoms with Crippen molar-refractivity contribution >= 4 is 10.0 Å². The van der Waals surface area contributed by atoms with E-state index in [0.717, 1.165) is 6.42 Å². The van der Waals surface area contributed by atoms with Crippen molar-refractivity contribution in [3.05, 3.63) is 29.8 Å².